The zero-order valence-corrected chi connectivity index (χ0v) is 20.0. The number of para-hydroxylation sites is 2. The first-order chi connectivity index (χ1) is 16.5. The molecule has 34 heavy (non-hydrogen) atoms. The maximum absolute atomic E-state index is 13.5. The van der Waals surface area contributed by atoms with Gasteiger partial charge in [0.25, 0.3) is 11.5 Å². The number of rotatable bonds is 3. The van der Waals surface area contributed by atoms with E-state index in [2.05, 4.69) is 0 Å². The molecule has 0 N–H and O–H groups in total. The minimum absolute atomic E-state index is 0.197. The molecule has 3 aromatic rings. The van der Waals surface area contributed by atoms with Crippen molar-refractivity contribution in [3.05, 3.63) is 87.6 Å². The molecule has 0 unspecified atom stereocenters. The van der Waals surface area contributed by atoms with Gasteiger partial charge in [-0.05, 0) is 55.9 Å². The maximum atomic E-state index is 13.5. The fraction of sp³-hybridized carbons (Fsp3) is 0.192. The van der Waals surface area contributed by atoms with Crippen molar-refractivity contribution in [3.8, 4) is 0 Å². The Kier molecular flexibility index (Phi) is 5.45. The highest BCUT2D eigenvalue weighted by Gasteiger charge is 2.39. The van der Waals surface area contributed by atoms with Gasteiger partial charge in [0.1, 0.15) is 0 Å². The lowest BCUT2D eigenvalue weighted by Crippen LogP contribution is -2.37. The number of thiocarbonyl (C=S) groups is 1. The normalized spacial score (nSPS) is 18.7. The first kappa shape index (κ1) is 21.9. The molecular formula is C26H24N4O3S. The topological polar surface area (TPSA) is 61.9 Å². The lowest BCUT2D eigenvalue weighted by Gasteiger charge is -2.28. The van der Waals surface area contributed by atoms with Gasteiger partial charge in [0.05, 0.1) is 11.4 Å². The van der Waals surface area contributed by atoms with Crippen LogP contribution in [0.4, 0.5) is 11.4 Å². The maximum Gasteiger partial charge on any atom is 0.298 e. The van der Waals surface area contributed by atoms with Crippen molar-refractivity contribution in [2.45, 2.75) is 20.4 Å². The predicted octanol–water partition coefficient (Wildman–Crippen LogP) is 2.49. The molecule has 1 amide bonds. The Labute approximate surface area is 202 Å². The second kappa shape index (κ2) is 8.46. The van der Waals surface area contributed by atoms with E-state index in [1.54, 1.807) is 11.9 Å². The Morgan fingerprint density at radius 3 is 2.32 bits per heavy atom. The zero-order chi connectivity index (χ0) is 24.0. The van der Waals surface area contributed by atoms with Crippen molar-refractivity contribution in [1.29, 1.82) is 0 Å². The minimum atomic E-state index is -0.330. The van der Waals surface area contributed by atoms with Gasteiger partial charge in [0.15, 0.2) is 10.8 Å². The van der Waals surface area contributed by atoms with Gasteiger partial charge in [-0.2, -0.15) is 0 Å². The molecule has 0 radical (unpaired) electrons. The molecule has 0 atom stereocenters. The van der Waals surface area contributed by atoms with Gasteiger partial charge in [-0.1, -0.05) is 42.5 Å². The number of anilines is 2. The van der Waals surface area contributed by atoms with Crippen molar-refractivity contribution in [2.75, 3.05) is 23.4 Å². The fourth-order valence-corrected chi connectivity index (χ4v) is 4.74. The number of nitrogens with zero attached hydrogens (tertiary/aromatic N) is 4. The van der Waals surface area contributed by atoms with Crippen molar-refractivity contribution < 1.29 is 9.21 Å². The molecule has 8 heteroatoms. The summed E-state index contributed by atoms with van der Waals surface area (Å²) in [5, 5.41) is 0.327. The quantitative estimate of drug-likeness (QED) is 0.546. The summed E-state index contributed by atoms with van der Waals surface area (Å²) >= 11 is 5.58. The molecule has 0 spiro atoms. The minimum Gasteiger partial charge on any atom is -0.430 e. The molecule has 3 heterocycles. The fourth-order valence-electron chi connectivity index (χ4n) is 4.46. The molecule has 1 fully saturated rings. The molecule has 1 aromatic heterocycles. The summed E-state index contributed by atoms with van der Waals surface area (Å²) in [4.78, 5) is 32.1. The monoisotopic (exact) mass is 472 g/mol. The van der Waals surface area contributed by atoms with Gasteiger partial charge >= 0.3 is 0 Å². The summed E-state index contributed by atoms with van der Waals surface area (Å²) < 4.78 is 7.71. The molecule has 172 valence electrons. The van der Waals surface area contributed by atoms with Crippen LogP contribution < -0.4 is 26.3 Å². The first-order valence-electron chi connectivity index (χ1n) is 11.2. The van der Waals surface area contributed by atoms with Crippen LogP contribution in [0, 0.1) is 0 Å². The number of hydrogen-bond donors (Lipinski definition) is 0. The van der Waals surface area contributed by atoms with Crippen LogP contribution in [-0.4, -0.2) is 34.1 Å². The number of oxazole rings is 1. The second-order valence-corrected chi connectivity index (χ2v) is 8.34. The molecule has 2 aliphatic rings. The lowest BCUT2D eigenvalue weighted by atomic mass is 10.1. The van der Waals surface area contributed by atoms with Gasteiger partial charge < -0.3 is 14.2 Å². The van der Waals surface area contributed by atoms with Crippen molar-refractivity contribution in [1.82, 2.24) is 9.47 Å². The van der Waals surface area contributed by atoms with Crippen LogP contribution >= 0.6 is 12.2 Å². The summed E-state index contributed by atoms with van der Waals surface area (Å²) in [6.45, 7) is 4.88. The van der Waals surface area contributed by atoms with Crippen LogP contribution in [0.3, 0.4) is 0 Å². The molecule has 0 bridgehead atoms. The SMILES string of the molecule is CCN1C(=c2oc(=C3C(=O)N(c4ccccc4)C(=S)N3C)n(CC)c2=O)C=Cc2ccccc21. The third-order valence-electron chi connectivity index (χ3n) is 6.12. The number of fused-ring (bicyclic) bond motifs is 1. The molecular weight excluding hydrogens is 448 g/mol. The number of benzene rings is 2. The highest BCUT2D eigenvalue weighted by atomic mass is 32.1. The summed E-state index contributed by atoms with van der Waals surface area (Å²) in [5.74, 6) is -0.330. The van der Waals surface area contributed by atoms with Crippen LogP contribution in [0.5, 0.6) is 0 Å². The van der Waals surface area contributed by atoms with Crippen LogP contribution in [-0.2, 0) is 11.3 Å². The van der Waals surface area contributed by atoms with E-state index in [9.17, 15) is 9.59 Å². The standard InChI is InChI=1S/C26H24N4O3S/c1-4-28-19-14-10-9-11-17(19)15-16-20(28)22-24(32)29(5-2)25(33-22)21-23(31)30(26(34)27(21)3)18-12-7-6-8-13-18/h6-16H,4-5H2,1-3H3. The summed E-state index contributed by atoms with van der Waals surface area (Å²) in [6, 6.07) is 17.2. The molecule has 5 rings (SSSR count). The van der Waals surface area contributed by atoms with Gasteiger partial charge in [-0.25, -0.2) is 0 Å². The number of carbonyl (C=O) groups excluding carboxylic acids is 1. The smallest absolute Gasteiger partial charge is 0.298 e. The van der Waals surface area contributed by atoms with Crippen LogP contribution in [0.15, 0.2) is 69.9 Å². The molecule has 2 aliphatic heterocycles. The van der Waals surface area contributed by atoms with E-state index in [0.29, 0.717) is 29.6 Å². The van der Waals surface area contributed by atoms with E-state index in [0.717, 1.165) is 11.3 Å². The Bertz CT molecular complexity index is 1520. The van der Waals surface area contributed by atoms with Crippen molar-refractivity contribution in [2.24, 2.45) is 0 Å². The molecule has 2 aromatic carbocycles. The Morgan fingerprint density at radius 2 is 1.62 bits per heavy atom. The van der Waals surface area contributed by atoms with Crippen LogP contribution in [0.25, 0.3) is 17.5 Å². The third kappa shape index (κ3) is 3.21. The van der Waals surface area contributed by atoms with Crippen LogP contribution in [0.2, 0.25) is 0 Å². The summed E-state index contributed by atoms with van der Waals surface area (Å²) in [7, 11) is 1.72. The third-order valence-corrected chi connectivity index (χ3v) is 6.58. The average molecular weight is 473 g/mol. The van der Waals surface area contributed by atoms with Gasteiger partial charge in [-0.3, -0.25) is 19.1 Å². The van der Waals surface area contributed by atoms with E-state index < -0.39 is 0 Å². The largest absolute Gasteiger partial charge is 0.430 e. The van der Waals surface area contributed by atoms with Gasteiger partial charge in [-0.15, -0.1) is 0 Å². The molecule has 1 saturated heterocycles. The summed E-state index contributed by atoms with van der Waals surface area (Å²) in [6.07, 6.45) is 3.86. The van der Waals surface area contributed by atoms with E-state index in [-0.39, 0.29) is 28.1 Å². The first-order valence-corrected chi connectivity index (χ1v) is 11.6. The van der Waals surface area contributed by atoms with E-state index in [1.807, 2.05) is 85.5 Å². The highest BCUT2D eigenvalue weighted by molar-refractivity contribution is 7.80. The molecule has 7 nitrogen and oxygen atoms in total. The lowest BCUT2D eigenvalue weighted by molar-refractivity contribution is -0.112. The molecule has 0 aliphatic carbocycles. The number of carbonyl (C=O) groups is 1. The Balaban J connectivity index is 1.77. The van der Waals surface area contributed by atoms with E-state index in [1.165, 1.54) is 9.47 Å². The van der Waals surface area contributed by atoms with Crippen molar-refractivity contribution >= 4 is 52.1 Å². The highest BCUT2D eigenvalue weighted by Crippen LogP contribution is 2.30. The van der Waals surface area contributed by atoms with Gasteiger partial charge in [0.2, 0.25) is 11.0 Å². The number of hydrogen-bond acceptors (Lipinski definition) is 5. The average Bonchev–Trinajstić information content (AvgIpc) is 3.30. The summed E-state index contributed by atoms with van der Waals surface area (Å²) in [5.41, 5.74) is 3.75. The zero-order valence-electron chi connectivity index (χ0n) is 19.2. The Morgan fingerprint density at radius 1 is 0.912 bits per heavy atom. The van der Waals surface area contributed by atoms with E-state index >= 15 is 0 Å². The number of aromatic nitrogens is 1. The number of likely N-dealkylation sites (N-methyl/N-ethyl adjacent to an activating group) is 2. The van der Waals surface area contributed by atoms with Crippen molar-refractivity contribution in [3.63, 3.8) is 0 Å². The van der Waals surface area contributed by atoms with Crippen LogP contribution in [0.1, 0.15) is 19.4 Å². The molecule has 0 saturated carbocycles. The Hall–Kier alpha value is -3.91. The van der Waals surface area contributed by atoms with E-state index in [4.69, 9.17) is 16.6 Å². The van der Waals surface area contributed by atoms with Gasteiger partial charge in [0, 0.05) is 25.8 Å². The predicted molar refractivity (Wildman–Crippen MR) is 137 cm³/mol. The number of amides is 1. The second-order valence-electron chi connectivity index (χ2n) is 7.97.